The van der Waals surface area contributed by atoms with E-state index in [0.717, 1.165) is 22.5 Å². The Morgan fingerprint density at radius 3 is 2.08 bits per heavy atom. The van der Waals surface area contributed by atoms with Crippen molar-refractivity contribution in [2.45, 2.75) is 0 Å². The van der Waals surface area contributed by atoms with Crippen LogP contribution in [-0.2, 0) is 0 Å². The van der Waals surface area contributed by atoms with E-state index >= 15 is 0 Å². The van der Waals surface area contributed by atoms with Crippen LogP contribution in [0.4, 0.5) is 5.69 Å². The second kappa shape index (κ2) is 7.11. The number of hydrogen-bond acceptors (Lipinski definition) is 1. The summed E-state index contributed by atoms with van der Waals surface area (Å²) < 4.78 is 2.01. The fourth-order valence-electron chi connectivity index (χ4n) is 2.95. The van der Waals surface area contributed by atoms with Crippen LogP contribution in [0.15, 0.2) is 103 Å². The van der Waals surface area contributed by atoms with E-state index in [-0.39, 0.29) is 5.91 Å². The number of anilines is 1. The highest BCUT2D eigenvalue weighted by Crippen LogP contribution is 2.28. The number of carbonyl (C=O) groups is 1. The van der Waals surface area contributed by atoms with Crippen LogP contribution in [0.25, 0.3) is 16.8 Å². The SMILES string of the molecule is O=C(Nc1ccccc1-c1ccccc1)c1ccc(-n2cccc2)cc1. The molecule has 1 amide bonds. The molecule has 4 aromatic rings. The second-order valence-electron chi connectivity index (χ2n) is 6.00. The van der Waals surface area contributed by atoms with Crippen molar-refractivity contribution in [2.24, 2.45) is 0 Å². The minimum atomic E-state index is -0.118. The van der Waals surface area contributed by atoms with Crippen molar-refractivity contribution in [3.63, 3.8) is 0 Å². The first-order chi connectivity index (χ1) is 12.8. The van der Waals surface area contributed by atoms with Gasteiger partial charge in [0.25, 0.3) is 5.91 Å². The first kappa shape index (κ1) is 15.9. The zero-order chi connectivity index (χ0) is 17.8. The lowest BCUT2D eigenvalue weighted by Crippen LogP contribution is -2.12. The van der Waals surface area contributed by atoms with E-state index in [1.807, 2.05) is 108 Å². The third kappa shape index (κ3) is 3.28. The van der Waals surface area contributed by atoms with Gasteiger partial charge in [-0.1, -0.05) is 48.5 Å². The van der Waals surface area contributed by atoms with Crippen molar-refractivity contribution < 1.29 is 4.79 Å². The molecule has 1 aromatic heterocycles. The fraction of sp³-hybridized carbons (Fsp3) is 0. The molecule has 126 valence electrons. The maximum Gasteiger partial charge on any atom is 0.255 e. The van der Waals surface area contributed by atoms with Crippen LogP contribution in [-0.4, -0.2) is 10.5 Å². The molecule has 0 saturated carbocycles. The Morgan fingerprint density at radius 2 is 1.35 bits per heavy atom. The van der Waals surface area contributed by atoms with Gasteiger partial charge < -0.3 is 9.88 Å². The molecule has 3 aromatic carbocycles. The van der Waals surface area contributed by atoms with E-state index in [0.29, 0.717) is 5.56 Å². The molecule has 0 radical (unpaired) electrons. The van der Waals surface area contributed by atoms with Crippen molar-refractivity contribution in [1.29, 1.82) is 0 Å². The third-order valence-electron chi connectivity index (χ3n) is 4.29. The van der Waals surface area contributed by atoms with Crippen molar-refractivity contribution >= 4 is 11.6 Å². The normalized spacial score (nSPS) is 10.5. The lowest BCUT2D eigenvalue weighted by molar-refractivity contribution is 0.102. The Balaban J connectivity index is 1.57. The van der Waals surface area contributed by atoms with Gasteiger partial charge in [0.05, 0.1) is 0 Å². The quantitative estimate of drug-likeness (QED) is 0.531. The monoisotopic (exact) mass is 338 g/mol. The Morgan fingerprint density at radius 1 is 0.692 bits per heavy atom. The van der Waals surface area contributed by atoms with E-state index in [1.165, 1.54) is 0 Å². The lowest BCUT2D eigenvalue weighted by Gasteiger charge is -2.12. The predicted molar refractivity (Wildman–Crippen MR) is 106 cm³/mol. The number of amides is 1. The van der Waals surface area contributed by atoms with Crippen LogP contribution in [0.2, 0.25) is 0 Å². The smallest absolute Gasteiger partial charge is 0.255 e. The van der Waals surface area contributed by atoms with Gasteiger partial charge in [-0.05, 0) is 48.0 Å². The summed E-state index contributed by atoms with van der Waals surface area (Å²) in [5.74, 6) is -0.118. The Hall–Kier alpha value is -3.59. The summed E-state index contributed by atoms with van der Waals surface area (Å²) in [6, 6.07) is 29.4. The molecule has 0 aliphatic rings. The molecule has 26 heavy (non-hydrogen) atoms. The molecule has 0 fully saturated rings. The minimum absolute atomic E-state index is 0.118. The number of aromatic nitrogens is 1. The number of benzene rings is 3. The van der Waals surface area contributed by atoms with E-state index in [1.54, 1.807) is 0 Å². The van der Waals surface area contributed by atoms with Crippen LogP contribution in [0.3, 0.4) is 0 Å². The Labute approximate surface area is 152 Å². The van der Waals surface area contributed by atoms with E-state index in [4.69, 9.17) is 0 Å². The van der Waals surface area contributed by atoms with Crippen LogP contribution >= 0.6 is 0 Å². The van der Waals surface area contributed by atoms with Gasteiger partial charge in [0, 0.05) is 34.9 Å². The van der Waals surface area contributed by atoms with Gasteiger partial charge in [-0.15, -0.1) is 0 Å². The Kier molecular flexibility index (Phi) is 4.35. The molecule has 0 spiro atoms. The summed E-state index contributed by atoms with van der Waals surface area (Å²) >= 11 is 0. The molecule has 1 N–H and O–H groups in total. The summed E-state index contributed by atoms with van der Waals surface area (Å²) in [4.78, 5) is 12.7. The fourth-order valence-corrected chi connectivity index (χ4v) is 2.95. The number of para-hydroxylation sites is 1. The van der Waals surface area contributed by atoms with Crippen molar-refractivity contribution in [1.82, 2.24) is 4.57 Å². The zero-order valence-corrected chi connectivity index (χ0v) is 14.2. The Bertz CT molecular complexity index is 1000. The van der Waals surface area contributed by atoms with Gasteiger partial charge in [0.15, 0.2) is 0 Å². The summed E-state index contributed by atoms with van der Waals surface area (Å²) in [6.07, 6.45) is 3.95. The molecular formula is C23H18N2O. The number of rotatable bonds is 4. The molecule has 4 rings (SSSR count). The molecule has 3 nitrogen and oxygen atoms in total. The topological polar surface area (TPSA) is 34.0 Å². The largest absolute Gasteiger partial charge is 0.324 e. The van der Waals surface area contributed by atoms with Crippen LogP contribution in [0.1, 0.15) is 10.4 Å². The number of nitrogens with zero attached hydrogens (tertiary/aromatic N) is 1. The maximum atomic E-state index is 12.7. The van der Waals surface area contributed by atoms with Crippen molar-refractivity contribution in [3.8, 4) is 16.8 Å². The molecule has 0 aliphatic carbocycles. The summed E-state index contributed by atoms with van der Waals surface area (Å²) in [7, 11) is 0. The minimum Gasteiger partial charge on any atom is -0.324 e. The molecule has 0 atom stereocenters. The van der Waals surface area contributed by atoms with Gasteiger partial charge in [-0.2, -0.15) is 0 Å². The first-order valence-electron chi connectivity index (χ1n) is 8.50. The third-order valence-corrected chi connectivity index (χ3v) is 4.29. The standard InChI is InChI=1S/C23H18N2O/c26-23(19-12-14-20(15-13-19)25-16-6-7-17-25)24-22-11-5-4-10-21(22)18-8-2-1-3-9-18/h1-17H,(H,24,26). The molecule has 0 unspecified atom stereocenters. The predicted octanol–water partition coefficient (Wildman–Crippen LogP) is 5.40. The van der Waals surface area contributed by atoms with E-state index < -0.39 is 0 Å². The van der Waals surface area contributed by atoms with Gasteiger partial charge >= 0.3 is 0 Å². The molecular weight excluding hydrogens is 320 g/mol. The molecule has 1 heterocycles. The van der Waals surface area contributed by atoms with Gasteiger partial charge in [-0.3, -0.25) is 4.79 Å². The van der Waals surface area contributed by atoms with Gasteiger partial charge in [-0.25, -0.2) is 0 Å². The highest BCUT2D eigenvalue weighted by Gasteiger charge is 2.10. The summed E-state index contributed by atoms with van der Waals surface area (Å²) in [6.45, 7) is 0. The second-order valence-corrected chi connectivity index (χ2v) is 6.00. The van der Waals surface area contributed by atoms with Gasteiger partial charge in [0.2, 0.25) is 0 Å². The zero-order valence-electron chi connectivity index (χ0n) is 14.2. The highest BCUT2D eigenvalue weighted by molar-refractivity contribution is 6.06. The van der Waals surface area contributed by atoms with Crippen molar-refractivity contribution in [3.05, 3.63) is 109 Å². The first-order valence-corrected chi connectivity index (χ1v) is 8.50. The summed E-state index contributed by atoms with van der Waals surface area (Å²) in [5.41, 5.74) is 4.54. The number of carbonyl (C=O) groups excluding carboxylic acids is 1. The van der Waals surface area contributed by atoms with Crippen molar-refractivity contribution in [2.75, 3.05) is 5.32 Å². The molecule has 0 bridgehead atoms. The number of hydrogen-bond donors (Lipinski definition) is 1. The maximum absolute atomic E-state index is 12.7. The summed E-state index contributed by atoms with van der Waals surface area (Å²) in [5, 5.41) is 3.03. The highest BCUT2D eigenvalue weighted by atomic mass is 16.1. The molecule has 3 heteroatoms. The van der Waals surface area contributed by atoms with E-state index in [9.17, 15) is 4.79 Å². The average Bonchev–Trinajstić information content (AvgIpc) is 3.24. The van der Waals surface area contributed by atoms with Crippen LogP contribution in [0, 0.1) is 0 Å². The van der Waals surface area contributed by atoms with Crippen LogP contribution < -0.4 is 5.32 Å². The molecule has 0 aliphatic heterocycles. The number of nitrogens with one attached hydrogen (secondary N) is 1. The van der Waals surface area contributed by atoms with E-state index in [2.05, 4.69) is 5.32 Å². The molecule has 0 saturated heterocycles. The average molecular weight is 338 g/mol. The van der Waals surface area contributed by atoms with Crippen LogP contribution in [0.5, 0.6) is 0 Å². The lowest BCUT2D eigenvalue weighted by atomic mass is 10.0. The van der Waals surface area contributed by atoms with Gasteiger partial charge in [0.1, 0.15) is 0 Å².